The number of fused-ring (bicyclic) bond motifs is 1. The van der Waals surface area contributed by atoms with Crippen LogP contribution in [0.2, 0.25) is 0 Å². The summed E-state index contributed by atoms with van der Waals surface area (Å²) in [6.45, 7) is 0. The Labute approximate surface area is 189 Å². The number of nitrogens with one attached hydrogen (secondary N) is 1. The van der Waals surface area contributed by atoms with E-state index in [9.17, 15) is 14.0 Å². The van der Waals surface area contributed by atoms with Crippen LogP contribution in [0.25, 0.3) is 0 Å². The van der Waals surface area contributed by atoms with E-state index in [0.29, 0.717) is 34.9 Å². The number of amides is 1. The number of aromatic nitrogens is 2. The fourth-order valence-electron chi connectivity index (χ4n) is 3.85. The minimum atomic E-state index is -0.474. The van der Waals surface area contributed by atoms with Crippen molar-refractivity contribution in [1.29, 1.82) is 0 Å². The predicted molar refractivity (Wildman–Crippen MR) is 118 cm³/mol. The Bertz CT molecular complexity index is 1190. The van der Waals surface area contributed by atoms with Gasteiger partial charge in [0.25, 0.3) is 5.91 Å². The first-order valence-corrected chi connectivity index (χ1v) is 10.2. The molecular formula is C24H22FN3O5. The van der Waals surface area contributed by atoms with Gasteiger partial charge in [-0.1, -0.05) is 0 Å². The molecular weight excluding hydrogens is 429 g/mol. The van der Waals surface area contributed by atoms with Crippen LogP contribution in [0.15, 0.2) is 42.6 Å². The number of ketones is 1. The van der Waals surface area contributed by atoms with E-state index >= 15 is 0 Å². The van der Waals surface area contributed by atoms with Gasteiger partial charge in [0.05, 0.1) is 32.6 Å². The lowest BCUT2D eigenvalue weighted by atomic mass is 9.82. The number of halogens is 1. The van der Waals surface area contributed by atoms with E-state index in [-0.39, 0.29) is 29.6 Å². The Morgan fingerprint density at radius 2 is 1.70 bits per heavy atom. The van der Waals surface area contributed by atoms with Gasteiger partial charge in [0, 0.05) is 18.2 Å². The lowest BCUT2D eigenvalue weighted by Crippen LogP contribution is -2.22. The summed E-state index contributed by atoms with van der Waals surface area (Å²) in [4.78, 5) is 33.7. The van der Waals surface area contributed by atoms with E-state index in [4.69, 9.17) is 14.2 Å². The van der Waals surface area contributed by atoms with E-state index in [1.54, 1.807) is 0 Å². The van der Waals surface area contributed by atoms with Crippen molar-refractivity contribution in [1.82, 2.24) is 9.97 Å². The number of anilines is 1. The van der Waals surface area contributed by atoms with Crippen molar-refractivity contribution in [2.45, 2.75) is 18.8 Å². The summed E-state index contributed by atoms with van der Waals surface area (Å²) >= 11 is 0. The topological polar surface area (TPSA) is 99.6 Å². The van der Waals surface area contributed by atoms with Crippen LogP contribution in [0.3, 0.4) is 0 Å². The fraction of sp³-hybridized carbons (Fsp3) is 0.250. The molecule has 1 N–H and O–H groups in total. The molecule has 1 amide bonds. The molecule has 1 heterocycles. The van der Waals surface area contributed by atoms with Crippen molar-refractivity contribution in [2.75, 3.05) is 26.6 Å². The maximum atomic E-state index is 13.1. The second kappa shape index (κ2) is 9.23. The zero-order chi connectivity index (χ0) is 23.5. The van der Waals surface area contributed by atoms with Crippen LogP contribution in [-0.2, 0) is 6.42 Å². The first-order valence-electron chi connectivity index (χ1n) is 10.2. The minimum absolute atomic E-state index is 0.0708. The third-order valence-corrected chi connectivity index (χ3v) is 5.53. The van der Waals surface area contributed by atoms with Gasteiger partial charge in [0.2, 0.25) is 11.7 Å². The molecule has 1 aliphatic rings. The van der Waals surface area contributed by atoms with Gasteiger partial charge in [0.1, 0.15) is 5.82 Å². The SMILES string of the molecule is COc1cc([C@H]2CC(=O)c3cnc(NC(=O)c4ccc(F)cc4)nc3C2)cc(OC)c1OC. The van der Waals surface area contributed by atoms with Crippen molar-refractivity contribution >= 4 is 17.6 Å². The van der Waals surface area contributed by atoms with Crippen LogP contribution in [0.1, 0.15) is 44.3 Å². The molecule has 0 unspecified atom stereocenters. The van der Waals surface area contributed by atoms with Crippen LogP contribution in [0, 0.1) is 5.82 Å². The van der Waals surface area contributed by atoms with Crippen molar-refractivity contribution in [3.05, 3.63) is 70.8 Å². The molecule has 3 aromatic rings. The van der Waals surface area contributed by atoms with Crippen LogP contribution >= 0.6 is 0 Å². The largest absolute Gasteiger partial charge is 0.493 e. The average Bonchev–Trinajstić information content (AvgIpc) is 2.83. The smallest absolute Gasteiger partial charge is 0.258 e. The van der Waals surface area contributed by atoms with E-state index < -0.39 is 11.7 Å². The molecule has 0 saturated heterocycles. The highest BCUT2D eigenvalue weighted by Gasteiger charge is 2.30. The van der Waals surface area contributed by atoms with Crippen LogP contribution in [0.4, 0.5) is 10.3 Å². The third kappa shape index (κ3) is 4.48. The zero-order valence-corrected chi connectivity index (χ0v) is 18.3. The molecule has 1 atom stereocenters. The van der Waals surface area contributed by atoms with Gasteiger partial charge in [-0.3, -0.25) is 14.9 Å². The molecule has 0 bridgehead atoms. The summed E-state index contributed by atoms with van der Waals surface area (Å²) in [7, 11) is 4.59. The van der Waals surface area contributed by atoms with Crippen molar-refractivity contribution < 1.29 is 28.2 Å². The summed E-state index contributed by atoms with van der Waals surface area (Å²) in [5.74, 6) is 0.368. The Morgan fingerprint density at radius 3 is 2.30 bits per heavy atom. The lowest BCUT2D eigenvalue weighted by molar-refractivity contribution is 0.0962. The number of methoxy groups -OCH3 is 3. The Hall–Kier alpha value is -4.01. The maximum Gasteiger partial charge on any atom is 0.258 e. The minimum Gasteiger partial charge on any atom is -0.493 e. The molecule has 0 spiro atoms. The van der Waals surface area contributed by atoms with Crippen molar-refractivity contribution in [2.24, 2.45) is 0 Å². The Kier molecular flexibility index (Phi) is 6.21. The number of rotatable bonds is 6. The second-order valence-electron chi connectivity index (χ2n) is 7.50. The molecule has 8 nitrogen and oxygen atoms in total. The standard InChI is InChI=1S/C24H22FN3O5/c1-31-20-10-15(11-21(32-2)22(20)33-3)14-8-18-17(19(29)9-14)12-26-24(27-18)28-23(30)13-4-6-16(25)7-5-13/h4-7,10-12,14H,8-9H2,1-3H3,(H,26,27,28,30)/t14-/m1/s1. The fourth-order valence-corrected chi connectivity index (χ4v) is 3.85. The van der Waals surface area contributed by atoms with E-state index in [1.807, 2.05) is 12.1 Å². The number of nitrogens with zero attached hydrogens (tertiary/aromatic N) is 2. The number of benzene rings is 2. The second-order valence-corrected chi connectivity index (χ2v) is 7.50. The van der Waals surface area contributed by atoms with E-state index in [0.717, 1.165) is 5.56 Å². The first-order chi connectivity index (χ1) is 15.9. The summed E-state index contributed by atoms with van der Waals surface area (Å²) in [5.41, 5.74) is 2.08. The molecule has 0 radical (unpaired) electrons. The highest BCUT2D eigenvalue weighted by atomic mass is 19.1. The van der Waals surface area contributed by atoms with Crippen LogP contribution in [0.5, 0.6) is 17.2 Å². The summed E-state index contributed by atoms with van der Waals surface area (Å²) in [6, 6.07) is 8.78. The number of hydrogen-bond acceptors (Lipinski definition) is 7. The quantitative estimate of drug-likeness (QED) is 0.608. The Morgan fingerprint density at radius 1 is 1.03 bits per heavy atom. The van der Waals surface area contributed by atoms with Crippen LogP contribution < -0.4 is 19.5 Å². The third-order valence-electron chi connectivity index (χ3n) is 5.53. The number of carbonyl (C=O) groups excluding carboxylic acids is 2. The molecule has 33 heavy (non-hydrogen) atoms. The monoisotopic (exact) mass is 451 g/mol. The van der Waals surface area contributed by atoms with E-state index in [1.165, 1.54) is 51.8 Å². The lowest BCUT2D eigenvalue weighted by Gasteiger charge is -2.24. The van der Waals surface area contributed by atoms with Gasteiger partial charge in [-0.05, 0) is 54.3 Å². The normalized spacial score (nSPS) is 14.9. The molecule has 1 aliphatic carbocycles. The molecule has 2 aromatic carbocycles. The number of carbonyl (C=O) groups is 2. The first kappa shape index (κ1) is 22.2. The highest BCUT2D eigenvalue weighted by molar-refractivity contribution is 6.03. The Balaban J connectivity index is 1.61. The van der Waals surface area contributed by atoms with Gasteiger partial charge >= 0.3 is 0 Å². The molecule has 170 valence electrons. The number of Topliss-reactive ketones (excluding diaryl/α,β-unsaturated/α-hetero) is 1. The van der Waals surface area contributed by atoms with Gasteiger partial charge in [-0.25, -0.2) is 14.4 Å². The molecule has 0 aliphatic heterocycles. The zero-order valence-electron chi connectivity index (χ0n) is 18.3. The van der Waals surface area contributed by atoms with Crippen molar-refractivity contribution in [3.8, 4) is 17.2 Å². The summed E-state index contributed by atoms with van der Waals surface area (Å²) in [6.07, 6.45) is 2.16. The molecule has 1 aromatic heterocycles. The molecule has 0 saturated carbocycles. The van der Waals surface area contributed by atoms with Gasteiger partial charge in [-0.2, -0.15) is 0 Å². The van der Waals surface area contributed by atoms with Crippen LogP contribution in [-0.4, -0.2) is 43.0 Å². The predicted octanol–water partition coefficient (Wildman–Crippen LogP) is 3.81. The summed E-state index contributed by atoms with van der Waals surface area (Å²) < 4.78 is 29.3. The van der Waals surface area contributed by atoms with Crippen molar-refractivity contribution in [3.63, 3.8) is 0 Å². The average molecular weight is 451 g/mol. The number of ether oxygens (including phenoxy) is 3. The number of hydrogen-bond donors (Lipinski definition) is 1. The van der Waals surface area contributed by atoms with E-state index in [2.05, 4.69) is 15.3 Å². The summed E-state index contributed by atoms with van der Waals surface area (Å²) in [5, 5.41) is 2.60. The highest BCUT2D eigenvalue weighted by Crippen LogP contribution is 2.42. The van der Waals surface area contributed by atoms with Gasteiger partial charge < -0.3 is 14.2 Å². The van der Waals surface area contributed by atoms with Gasteiger partial charge in [-0.15, -0.1) is 0 Å². The molecule has 4 rings (SSSR count). The van der Waals surface area contributed by atoms with Gasteiger partial charge in [0.15, 0.2) is 17.3 Å². The molecule has 9 heteroatoms. The molecule has 0 fully saturated rings. The maximum absolute atomic E-state index is 13.1.